The molecule has 0 amide bonds. The van der Waals surface area contributed by atoms with Crippen LogP contribution in [0.15, 0.2) is 109 Å². The molecule has 4 aromatic carbocycles. The molecular weight excluding hydrogens is 376 g/mol. The molecule has 0 saturated carbocycles. The maximum Gasteiger partial charge on any atom is 0.0721 e. The number of hydrogen-bond donors (Lipinski definition) is 0. The first-order valence-corrected chi connectivity index (χ1v) is 11.1. The molecular formula is C30H30O. The molecule has 0 aliphatic rings. The molecule has 2 unspecified atom stereocenters. The molecule has 0 spiro atoms. The van der Waals surface area contributed by atoms with E-state index < -0.39 is 0 Å². The molecule has 1 heteroatoms. The van der Waals surface area contributed by atoms with Gasteiger partial charge in [-0.2, -0.15) is 0 Å². The maximum absolute atomic E-state index is 5.98. The van der Waals surface area contributed by atoms with Crippen molar-refractivity contribution < 1.29 is 4.74 Å². The lowest BCUT2D eigenvalue weighted by atomic mass is 9.92. The molecule has 0 aliphatic heterocycles. The monoisotopic (exact) mass is 406 g/mol. The summed E-state index contributed by atoms with van der Waals surface area (Å²) in [7, 11) is 0. The van der Waals surface area contributed by atoms with Crippen LogP contribution in [0, 0.1) is 0 Å². The van der Waals surface area contributed by atoms with Crippen molar-refractivity contribution >= 4 is 0 Å². The second-order valence-corrected chi connectivity index (χ2v) is 8.24. The SMILES string of the molecule is CC(c1ccccc1)c1ccc(COCc2ccc(C(C)c3ccccc3)cc2)cc1. The van der Waals surface area contributed by atoms with E-state index in [1.165, 1.54) is 33.4 Å². The van der Waals surface area contributed by atoms with E-state index in [0.717, 1.165) is 0 Å². The molecule has 0 saturated heterocycles. The van der Waals surface area contributed by atoms with Gasteiger partial charge in [-0.15, -0.1) is 0 Å². The third kappa shape index (κ3) is 5.51. The van der Waals surface area contributed by atoms with Crippen LogP contribution in [-0.4, -0.2) is 0 Å². The molecule has 4 aromatic rings. The molecule has 156 valence electrons. The van der Waals surface area contributed by atoms with Crippen LogP contribution in [0.3, 0.4) is 0 Å². The molecule has 0 aromatic heterocycles. The van der Waals surface area contributed by atoms with Crippen molar-refractivity contribution in [1.82, 2.24) is 0 Å². The summed E-state index contributed by atoms with van der Waals surface area (Å²) in [5, 5.41) is 0. The zero-order valence-electron chi connectivity index (χ0n) is 18.4. The van der Waals surface area contributed by atoms with Crippen LogP contribution in [0.4, 0.5) is 0 Å². The van der Waals surface area contributed by atoms with E-state index in [1.807, 2.05) is 0 Å². The van der Waals surface area contributed by atoms with Gasteiger partial charge in [0.15, 0.2) is 0 Å². The lowest BCUT2D eigenvalue weighted by molar-refractivity contribution is 0.107. The number of rotatable bonds is 8. The van der Waals surface area contributed by atoms with Crippen LogP contribution in [0.2, 0.25) is 0 Å². The first kappa shape index (κ1) is 21.1. The summed E-state index contributed by atoms with van der Waals surface area (Å²) < 4.78 is 5.98. The van der Waals surface area contributed by atoms with Crippen LogP contribution in [0.5, 0.6) is 0 Å². The van der Waals surface area contributed by atoms with Gasteiger partial charge >= 0.3 is 0 Å². The van der Waals surface area contributed by atoms with E-state index in [1.54, 1.807) is 0 Å². The van der Waals surface area contributed by atoms with Gasteiger partial charge in [-0.05, 0) is 33.4 Å². The predicted molar refractivity (Wildman–Crippen MR) is 129 cm³/mol. The Hall–Kier alpha value is -3.16. The van der Waals surface area contributed by atoms with E-state index in [2.05, 4.69) is 123 Å². The molecule has 0 radical (unpaired) electrons. The molecule has 0 fully saturated rings. The molecule has 0 bridgehead atoms. The molecule has 4 rings (SSSR count). The minimum Gasteiger partial charge on any atom is -0.372 e. The zero-order chi connectivity index (χ0) is 21.5. The van der Waals surface area contributed by atoms with Crippen molar-refractivity contribution in [2.45, 2.75) is 38.9 Å². The first-order chi connectivity index (χ1) is 15.2. The lowest BCUT2D eigenvalue weighted by Gasteiger charge is -2.14. The Labute approximate surface area is 186 Å². The fraction of sp³-hybridized carbons (Fsp3) is 0.200. The fourth-order valence-corrected chi connectivity index (χ4v) is 3.96. The van der Waals surface area contributed by atoms with Crippen LogP contribution in [0.1, 0.15) is 59.1 Å². The van der Waals surface area contributed by atoms with Gasteiger partial charge in [-0.25, -0.2) is 0 Å². The third-order valence-corrected chi connectivity index (χ3v) is 6.10. The standard InChI is InChI=1S/C30H30O/c1-23(27-9-5-3-6-10-27)29-17-13-25(14-18-29)21-31-22-26-15-19-30(20-16-26)24(2)28-11-7-4-8-12-28/h3-20,23-24H,21-22H2,1-2H3. The Bertz CT molecular complexity index is 962. The summed E-state index contributed by atoms with van der Waals surface area (Å²) in [6.45, 7) is 5.76. The highest BCUT2D eigenvalue weighted by Gasteiger charge is 2.09. The Morgan fingerprint density at radius 2 is 0.774 bits per heavy atom. The summed E-state index contributed by atoms with van der Waals surface area (Å²) >= 11 is 0. The highest BCUT2D eigenvalue weighted by atomic mass is 16.5. The summed E-state index contributed by atoms with van der Waals surface area (Å²) in [5.74, 6) is 0.793. The largest absolute Gasteiger partial charge is 0.372 e. The third-order valence-electron chi connectivity index (χ3n) is 6.10. The first-order valence-electron chi connectivity index (χ1n) is 11.1. The second-order valence-electron chi connectivity index (χ2n) is 8.24. The van der Waals surface area contributed by atoms with E-state index in [9.17, 15) is 0 Å². The van der Waals surface area contributed by atoms with Crippen LogP contribution in [-0.2, 0) is 18.0 Å². The van der Waals surface area contributed by atoms with Gasteiger partial charge in [0.05, 0.1) is 13.2 Å². The van der Waals surface area contributed by atoms with Gasteiger partial charge in [0, 0.05) is 11.8 Å². The van der Waals surface area contributed by atoms with E-state index in [0.29, 0.717) is 25.0 Å². The average Bonchev–Trinajstić information content (AvgIpc) is 2.85. The van der Waals surface area contributed by atoms with E-state index in [-0.39, 0.29) is 0 Å². The van der Waals surface area contributed by atoms with E-state index in [4.69, 9.17) is 4.74 Å². The quantitative estimate of drug-likeness (QED) is 0.291. The van der Waals surface area contributed by atoms with Crippen molar-refractivity contribution in [2.24, 2.45) is 0 Å². The van der Waals surface area contributed by atoms with Crippen molar-refractivity contribution in [3.8, 4) is 0 Å². The summed E-state index contributed by atoms with van der Waals surface area (Å²) in [6.07, 6.45) is 0. The molecule has 0 heterocycles. The van der Waals surface area contributed by atoms with Gasteiger partial charge in [-0.3, -0.25) is 0 Å². The summed E-state index contributed by atoms with van der Waals surface area (Å²) in [4.78, 5) is 0. The van der Waals surface area contributed by atoms with Gasteiger partial charge < -0.3 is 4.74 Å². The number of benzene rings is 4. The smallest absolute Gasteiger partial charge is 0.0721 e. The second kappa shape index (κ2) is 10.2. The van der Waals surface area contributed by atoms with Crippen LogP contribution < -0.4 is 0 Å². The topological polar surface area (TPSA) is 9.23 Å². The van der Waals surface area contributed by atoms with Gasteiger partial charge in [0.1, 0.15) is 0 Å². The normalized spacial score (nSPS) is 13.0. The highest BCUT2D eigenvalue weighted by molar-refractivity contribution is 5.34. The molecule has 0 N–H and O–H groups in total. The van der Waals surface area contributed by atoms with Crippen molar-refractivity contribution in [1.29, 1.82) is 0 Å². The van der Waals surface area contributed by atoms with Crippen LogP contribution >= 0.6 is 0 Å². The van der Waals surface area contributed by atoms with Gasteiger partial charge in [-0.1, -0.05) is 123 Å². The summed E-state index contributed by atoms with van der Waals surface area (Å²) in [6, 6.07) is 38.9. The zero-order valence-corrected chi connectivity index (χ0v) is 18.4. The minimum absolute atomic E-state index is 0.396. The Balaban J connectivity index is 1.29. The highest BCUT2D eigenvalue weighted by Crippen LogP contribution is 2.25. The number of hydrogen-bond acceptors (Lipinski definition) is 1. The maximum atomic E-state index is 5.98. The molecule has 1 nitrogen and oxygen atoms in total. The molecule has 31 heavy (non-hydrogen) atoms. The van der Waals surface area contributed by atoms with Crippen molar-refractivity contribution in [2.75, 3.05) is 0 Å². The minimum atomic E-state index is 0.396. The predicted octanol–water partition coefficient (Wildman–Crippen LogP) is 7.71. The Morgan fingerprint density at radius 1 is 0.452 bits per heavy atom. The van der Waals surface area contributed by atoms with Crippen LogP contribution in [0.25, 0.3) is 0 Å². The average molecular weight is 407 g/mol. The van der Waals surface area contributed by atoms with Gasteiger partial charge in [0.2, 0.25) is 0 Å². The fourth-order valence-electron chi connectivity index (χ4n) is 3.96. The van der Waals surface area contributed by atoms with E-state index >= 15 is 0 Å². The Kier molecular flexibility index (Phi) is 6.96. The summed E-state index contributed by atoms with van der Waals surface area (Å²) in [5.41, 5.74) is 7.76. The number of ether oxygens (including phenoxy) is 1. The lowest BCUT2D eigenvalue weighted by Crippen LogP contribution is -1.99. The van der Waals surface area contributed by atoms with Crippen molar-refractivity contribution in [3.05, 3.63) is 143 Å². The van der Waals surface area contributed by atoms with Gasteiger partial charge in [0.25, 0.3) is 0 Å². The Morgan fingerprint density at radius 3 is 1.13 bits per heavy atom. The molecule has 0 aliphatic carbocycles. The molecule has 2 atom stereocenters. The van der Waals surface area contributed by atoms with Crippen molar-refractivity contribution in [3.63, 3.8) is 0 Å².